The van der Waals surface area contributed by atoms with Gasteiger partial charge in [0.05, 0.1) is 58.9 Å². The Morgan fingerprint density at radius 2 is 2.00 bits per heavy atom. The molecule has 0 saturated carbocycles. The highest BCUT2D eigenvalue weighted by Gasteiger charge is 2.02. The lowest BCUT2D eigenvalue weighted by atomic mass is 10.4. The van der Waals surface area contributed by atoms with Gasteiger partial charge in [-0.2, -0.15) is 0 Å². The second-order valence-electron chi connectivity index (χ2n) is 4.17. The maximum absolute atomic E-state index is 11.0. The van der Waals surface area contributed by atoms with E-state index in [9.17, 15) is 4.79 Å². The molecule has 9 heteroatoms. The third-order valence-corrected chi connectivity index (χ3v) is 2.51. The van der Waals surface area contributed by atoms with Crippen molar-refractivity contribution in [2.75, 3.05) is 46.7 Å². The summed E-state index contributed by atoms with van der Waals surface area (Å²) in [6.45, 7) is 3.62. The number of amides is 1. The number of methoxy groups -OCH3 is 1. The number of hydrogen-bond donors (Lipinski definition) is 2. The summed E-state index contributed by atoms with van der Waals surface area (Å²) in [5.41, 5.74) is 5.87. The Morgan fingerprint density at radius 3 is 2.71 bits per heavy atom. The monoisotopic (exact) mass is 301 g/mol. The van der Waals surface area contributed by atoms with Crippen molar-refractivity contribution in [3.05, 3.63) is 11.9 Å². The van der Waals surface area contributed by atoms with Crippen molar-refractivity contribution in [3.8, 4) is 0 Å². The minimum atomic E-state index is -0.221. The van der Waals surface area contributed by atoms with Gasteiger partial charge in [0, 0.05) is 7.11 Å². The molecule has 1 aromatic rings. The number of carbonyl (C=O) groups excluding carboxylic acids is 1. The van der Waals surface area contributed by atoms with Gasteiger partial charge in [-0.15, -0.1) is 5.10 Å². The molecule has 0 atom stereocenters. The number of rotatable bonds is 12. The highest BCUT2D eigenvalue weighted by Crippen LogP contribution is 1.93. The van der Waals surface area contributed by atoms with Crippen LogP contribution in [0.2, 0.25) is 0 Å². The van der Waals surface area contributed by atoms with Crippen molar-refractivity contribution in [3.63, 3.8) is 0 Å². The maximum atomic E-state index is 11.0. The smallest absolute Gasteiger partial charge is 0.234 e. The Balaban J connectivity index is 2.05. The lowest BCUT2D eigenvalue weighted by molar-refractivity contribution is -0.119. The van der Waals surface area contributed by atoms with Gasteiger partial charge in [-0.05, 0) is 0 Å². The molecule has 0 saturated heterocycles. The molecule has 1 aromatic heterocycles. The second kappa shape index (κ2) is 11.1. The second-order valence-corrected chi connectivity index (χ2v) is 4.17. The molecule has 1 amide bonds. The normalized spacial score (nSPS) is 10.8. The Kier molecular flexibility index (Phi) is 9.29. The van der Waals surface area contributed by atoms with E-state index in [0.29, 0.717) is 51.8 Å². The van der Waals surface area contributed by atoms with Crippen LogP contribution in [0.25, 0.3) is 0 Å². The van der Waals surface area contributed by atoms with E-state index >= 15 is 0 Å². The zero-order valence-electron chi connectivity index (χ0n) is 12.3. The summed E-state index contributed by atoms with van der Waals surface area (Å²) in [6.07, 6.45) is 1.76. The van der Waals surface area contributed by atoms with Gasteiger partial charge < -0.3 is 25.3 Å². The molecule has 0 fully saturated rings. The Hall–Kier alpha value is -1.55. The minimum absolute atomic E-state index is 0.0333. The summed E-state index contributed by atoms with van der Waals surface area (Å²) in [6, 6.07) is 0. The van der Waals surface area contributed by atoms with Crippen LogP contribution >= 0.6 is 0 Å². The molecule has 0 unspecified atom stereocenters. The number of hydrogen-bond acceptors (Lipinski definition) is 7. The Labute approximate surface area is 123 Å². The van der Waals surface area contributed by atoms with Crippen LogP contribution in [0.15, 0.2) is 6.20 Å². The van der Waals surface area contributed by atoms with E-state index in [1.165, 1.54) is 0 Å². The lowest BCUT2D eigenvalue weighted by Gasteiger charge is -2.05. The number of carbonyl (C=O) groups is 1. The van der Waals surface area contributed by atoms with Crippen LogP contribution in [0, 0.1) is 0 Å². The predicted octanol–water partition coefficient (Wildman–Crippen LogP) is -1.47. The molecule has 0 aliphatic heterocycles. The van der Waals surface area contributed by atoms with Gasteiger partial charge in [-0.3, -0.25) is 4.79 Å². The van der Waals surface area contributed by atoms with Gasteiger partial charge in [0.2, 0.25) is 5.91 Å². The third-order valence-electron chi connectivity index (χ3n) is 2.51. The van der Waals surface area contributed by atoms with Crippen molar-refractivity contribution in [2.24, 2.45) is 5.73 Å². The summed E-state index contributed by atoms with van der Waals surface area (Å²) in [4.78, 5) is 11.0. The number of ether oxygens (including phenoxy) is 3. The molecule has 3 N–H and O–H groups in total. The Morgan fingerprint density at radius 1 is 1.29 bits per heavy atom. The van der Waals surface area contributed by atoms with Crippen LogP contribution in [0.5, 0.6) is 0 Å². The molecule has 0 aromatic carbocycles. The van der Waals surface area contributed by atoms with E-state index in [2.05, 4.69) is 15.6 Å². The minimum Gasteiger partial charge on any atom is -0.382 e. The average Bonchev–Trinajstić information content (AvgIpc) is 2.95. The van der Waals surface area contributed by atoms with Crippen LogP contribution in [0.4, 0.5) is 0 Å². The summed E-state index contributed by atoms with van der Waals surface area (Å²) >= 11 is 0. The number of nitrogens with two attached hydrogens (primary N) is 1. The summed E-state index contributed by atoms with van der Waals surface area (Å²) in [5, 5.41) is 10.5. The Bertz CT molecular complexity index is 399. The first-order valence-electron chi connectivity index (χ1n) is 6.76. The van der Waals surface area contributed by atoms with Crippen molar-refractivity contribution >= 4 is 5.91 Å². The number of aromatic nitrogens is 3. The fraction of sp³-hybridized carbons (Fsp3) is 0.750. The molecule has 0 aliphatic carbocycles. The standard InChI is InChI=1S/C12H23N5O4/c1-19-4-5-21-7-6-20-3-2-17-10-11(15-16-17)9-14-12(18)8-13/h10H,2-9,13H2,1H3,(H,14,18). The van der Waals surface area contributed by atoms with Crippen LogP contribution in [0.3, 0.4) is 0 Å². The molecule has 1 heterocycles. The van der Waals surface area contributed by atoms with Crippen molar-refractivity contribution < 1.29 is 19.0 Å². The third kappa shape index (κ3) is 8.35. The molecule has 1 rings (SSSR count). The van der Waals surface area contributed by atoms with Crippen LogP contribution in [-0.4, -0.2) is 67.6 Å². The van der Waals surface area contributed by atoms with Crippen LogP contribution in [-0.2, 0) is 32.1 Å². The number of nitrogens with zero attached hydrogens (tertiary/aromatic N) is 3. The van der Waals surface area contributed by atoms with Crippen molar-refractivity contribution in [1.29, 1.82) is 0 Å². The quantitative estimate of drug-likeness (QED) is 0.453. The van der Waals surface area contributed by atoms with Crippen molar-refractivity contribution in [1.82, 2.24) is 20.3 Å². The molecule has 0 spiro atoms. The highest BCUT2D eigenvalue weighted by atomic mass is 16.5. The van der Waals surface area contributed by atoms with Gasteiger partial charge in [0.15, 0.2) is 0 Å². The van der Waals surface area contributed by atoms with Gasteiger partial charge >= 0.3 is 0 Å². The molecule has 0 radical (unpaired) electrons. The first kappa shape index (κ1) is 17.5. The SMILES string of the molecule is COCCOCCOCCn1cc(CNC(=O)CN)nn1. The highest BCUT2D eigenvalue weighted by molar-refractivity contribution is 5.77. The van der Waals surface area contributed by atoms with Gasteiger partial charge in [0.25, 0.3) is 0 Å². The fourth-order valence-corrected chi connectivity index (χ4v) is 1.41. The predicted molar refractivity (Wildman–Crippen MR) is 74.4 cm³/mol. The molecule has 9 nitrogen and oxygen atoms in total. The van der Waals surface area contributed by atoms with Gasteiger partial charge in [-0.25, -0.2) is 4.68 Å². The molecule has 21 heavy (non-hydrogen) atoms. The fourth-order valence-electron chi connectivity index (χ4n) is 1.41. The summed E-state index contributed by atoms with van der Waals surface area (Å²) in [5.74, 6) is -0.221. The van der Waals surface area contributed by atoms with E-state index < -0.39 is 0 Å². The summed E-state index contributed by atoms with van der Waals surface area (Å²) in [7, 11) is 1.63. The maximum Gasteiger partial charge on any atom is 0.234 e. The van der Waals surface area contributed by atoms with E-state index in [1.54, 1.807) is 18.0 Å². The first-order chi connectivity index (χ1) is 10.3. The zero-order valence-corrected chi connectivity index (χ0v) is 12.3. The number of nitrogens with one attached hydrogen (secondary N) is 1. The molecule has 120 valence electrons. The molecular formula is C12H23N5O4. The van der Waals surface area contributed by atoms with E-state index in [0.717, 1.165) is 0 Å². The molecule has 0 aliphatic rings. The average molecular weight is 301 g/mol. The first-order valence-corrected chi connectivity index (χ1v) is 6.76. The van der Waals surface area contributed by atoms with E-state index in [4.69, 9.17) is 19.9 Å². The van der Waals surface area contributed by atoms with E-state index in [1.807, 2.05) is 0 Å². The van der Waals surface area contributed by atoms with Crippen LogP contribution < -0.4 is 11.1 Å². The molecule has 0 bridgehead atoms. The summed E-state index contributed by atoms with van der Waals surface area (Å²) < 4.78 is 17.2. The largest absolute Gasteiger partial charge is 0.382 e. The van der Waals surface area contributed by atoms with Crippen LogP contribution in [0.1, 0.15) is 5.69 Å². The van der Waals surface area contributed by atoms with Gasteiger partial charge in [-0.1, -0.05) is 5.21 Å². The lowest BCUT2D eigenvalue weighted by Crippen LogP contribution is -2.29. The van der Waals surface area contributed by atoms with Gasteiger partial charge in [0.1, 0.15) is 5.69 Å². The topological polar surface area (TPSA) is 114 Å². The zero-order chi connectivity index (χ0) is 15.3. The van der Waals surface area contributed by atoms with Crippen molar-refractivity contribution in [2.45, 2.75) is 13.1 Å². The molecular weight excluding hydrogens is 278 g/mol. The van der Waals surface area contributed by atoms with E-state index in [-0.39, 0.29) is 12.5 Å².